The summed E-state index contributed by atoms with van der Waals surface area (Å²) < 4.78 is 0. The van der Waals surface area contributed by atoms with Crippen molar-refractivity contribution in [1.82, 2.24) is 10.2 Å². The highest BCUT2D eigenvalue weighted by atomic mass is 32.1. The summed E-state index contributed by atoms with van der Waals surface area (Å²) in [5.74, 6) is 0.316. The van der Waals surface area contributed by atoms with E-state index in [0.717, 1.165) is 24.9 Å². The molecule has 0 aliphatic carbocycles. The molecule has 1 aromatic carbocycles. The molecule has 0 saturated carbocycles. The number of amides is 1. The molecule has 6 heteroatoms. The first kappa shape index (κ1) is 19.1. The SMILES string of the molecule is CC[C@H](C)[C@H](N)C(=O)N(Cc1cccc(O)c1)C[C@H]1C[C@@H](S)CN1. The van der Waals surface area contributed by atoms with Gasteiger partial charge in [-0.1, -0.05) is 32.4 Å². The van der Waals surface area contributed by atoms with Crippen LogP contribution in [0.1, 0.15) is 32.3 Å². The number of carbonyl (C=O) groups excluding carboxylic acids is 1. The largest absolute Gasteiger partial charge is 0.508 e. The molecule has 1 aromatic rings. The molecule has 134 valence electrons. The molecule has 24 heavy (non-hydrogen) atoms. The predicted octanol–water partition coefficient (Wildman–Crippen LogP) is 1.75. The van der Waals surface area contributed by atoms with Gasteiger partial charge in [-0.2, -0.15) is 12.6 Å². The number of aromatic hydroxyl groups is 1. The number of rotatable bonds is 7. The first-order chi connectivity index (χ1) is 11.4. The maximum Gasteiger partial charge on any atom is 0.240 e. The van der Waals surface area contributed by atoms with Crippen LogP contribution < -0.4 is 11.1 Å². The summed E-state index contributed by atoms with van der Waals surface area (Å²) in [7, 11) is 0. The molecule has 5 nitrogen and oxygen atoms in total. The molecule has 0 unspecified atom stereocenters. The van der Waals surface area contributed by atoms with Gasteiger partial charge in [0.05, 0.1) is 6.04 Å². The topological polar surface area (TPSA) is 78.6 Å². The van der Waals surface area contributed by atoms with E-state index < -0.39 is 6.04 Å². The highest BCUT2D eigenvalue weighted by molar-refractivity contribution is 7.81. The normalized spacial score (nSPS) is 23.0. The second-order valence-corrected chi connectivity index (χ2v) is 7.52. The van der Waals surface area contributed by atoms with Crippen molar-refractivity contribution in [2.75, 3.05) is 13.1 Å². The second kappa shape index (κ2) is 8.74. The van der Waals surface area contributed by atoms with Crippen molar-refractivity contribution in [3.8, 4) is 5.75 Å². The van der Waals surface area contributed by atoms with Crippen molar-refractivity contribution in [2.45, 2.75) is 50.6 Å². The van der Waals surface area contributed by atoms with Gasteiger partial charge in [0.2, 0.25) is 5.91 Å². The minimum Gasteiger partial charge on any atom is -0.508 e. The summed E-state index contributed by atoms with van der Waals surface area (Å²) in [4.78, 5) is 14.7. The summed E-state index contributed by atoms with van der Waals surface area (Å²) in [6.45, 7) is 5.97. The first-order valence-corrected chi connectivity index (χ1v) is 9.16. The fourth-order valence-corrected chi connectivity index (χ4v) is 3.38. The Kier molecular flexibility index (Phi) is 6.95. The van der Waals surface area contributed by atoms with E-state index in [4.69, 9.17) is 5.73 Å². The molecule has 0 aromatic heterocycles. The fraction of sp³-hybridized carbons (Fsp3) is 0.611. The number of phenols is 1. The summed E-state index contributed by atoms with van der Waals surface area (Å²) >= 11 is 4.50. The Labute approximate surface area is 150 Å². The lowest BCUT2D eigenvalue weighted by atomic mass is 9.98. The molecule has 1 amide bonds. The molecular formula is C18H29N3O2S. The molecule has 1 aliphatic heterocycles. The number of hydrogen-bond acceptors (Lipinski definition) is 5. The van der Waals surface area contributed by atoms with Gasteiger partial charge in [0.1, 0.15) is 5.75 Å². The zero-order valence-electron chi connectivity index (χ0n) is 14.5. The average Bonchev–Trinajstić information content (AvgIpc) is 2.97. The average molecular weight is 352 g/mol. The van der Waals surface area contributed by atoms with Gasteiger partial charge in [-0.3, -0.25) is 4.79 Å². The van der Waals surface area contributed by atoms with Gasteiger partial charge in [0.15, 0.2) is 0 Å². The van der Waals surface area contributed by atoms with Gasteiger partial charge in [0, 0.05) is 30.9 Å². The monoisotopic (exact) mass is 351 g/mol. The zero-order valence-corrected chi connectivity index (χ0v) is 15.4. The van der Waals surface area contributed by atoms with Gasteiger partial charge in [-0.25, -0.2) is 0 Å². The number of nitrogens with zero attached hydrogens (tertiary/aromatic N) is 1. The third kappa shape index (κ3) is 5.13. The van der Waals surface area contributed by atoms with E-state index in [1.807, 2.05) is 24.8 Å². The molecule has 0 spiro atoms. The van der Waals surface area contributed by atoms with Crippen molar-refractivity contribution in [1.29, 1.82) is 0 Å². The minimum atomic E-state index is -0.500. The van der Waals surface area contributed by atoms with E-state index >= 15 is 0 Å². The van der Waals surface area contributed by atoms with Crippen molar-refractivity contribution in [3.63, 3.8) is 0 Å². The lowest BCUT2D eigenvalue weighted by Crippen LogP contribution is -2.50. The van der Waals surface area contributed by atoms with E-state index in [1.165, 1.54) is 0 Å². The first-order valence-electron chi connectivity index (χ1n) is 8.64. The van der Waals surface area contributed by atoms with Crippen LogP contribution in [0.5, 0.6) is 5.75 Å². The van der Waals surface area contributed by atoms with Gasteiger partial charge in [0.25, 0.3) is 0 Å². The van der Waals surface area contributed by atoms with Gasteiger partial charge < -0.3 is 21.1 Å². The predicted molar refractivity (Wildman–Crippen MR) is 100 cm³/mol. The number of benzene rings is 1. The Morgan fingerprint density at radius 1 is 1.54 bits per heavy atom. The van der Waals surface area contributed by atoms with E-state index in [9.17, 15) is 9.90 Å². The lowest BCUT2D eigenvalue weighted by Gasteiger charge is -2.30. The molecule has 1 saturated heterocycles. The molecule has 1 aliphatic rings. The van der Waals surface area contributed by atoms with Crippen LogP contribution in [0.2, 0.25) is 0 Å². The molecule has 4 N–H and O–H groups in total. The number of hydrogen-bond donors (Lipinski definition) is 4. The van der Waals surface area contributed by atoms with Crippen LogP contribution in [-0.2, 0) is 11.3 Å². The Hall–Kier alpha value is -1.24. The van der Waals surface area contributed by atoms with Gasteiger partial charge in [-0.05, 0) is 30.0 Å². The standard InChI is InChI=1S/C18H29N3O2S/c1-3-12(2)17(19)18(23)21(11-14-8-16(24)9-20-14)10-13-5-4-6-15(22)7-13/h4-7,12,14,16-17,20,22,24H,3,8-11,19H2,1-2H3/t12-,14+,16+,17-/m0/s1. The molecule has 2 rings (SSSR count). The van der Waals surface area contributed by atoms with Crippen LogP contribution in [0.3, 0.4) is 0 Å². The van der Waals surface area contributed by atoms with Crippen molar-refractivity contribution in [3.05, 3.63) is 29.8 Å². The van der Waals surface area contributed by atoms with E-state index in [1.54, 1.807) is 18.2 Å². The summed E-state index contributed by atoms with van der Waals surface area (Å²) in [6, 6.07) is 6.76. The van der Waals surface area contributed by atoms with Crippen molar-refractivity contribution < 1.29 is 9.90 Å². The summed E-state index contributed by atoms with van der Waals surface area (Å²) in [5.41, 5.74) is 7.08. The summed E-state index contributed by atoms with van der Waals surface area (Å²) in [6.07, 6.45) is 1.80. The lowest BCUT2D eigenvalue weighted by molar-refractivity contribution is -0.134. The Bertz CT molecular complexity index is 555. The van der Waals surface area contributed by atoms with Gasteiger partial charge >= 0.3 is 0 Å². The van der Waals surface area contributed by atoms with E-state index in [-0.39, 0.29) is 23.6 Å². The molecule has 4 atom stereocenters. The third-order valence-electron chi connectivity index (χ3n) is 4.78. The molecular weight excluding hydrogens is 322 g/mol. The Morgan fingerprint density at radius 3 is 2.88 bits per heavy atom. The highest BCUT2D eigenvalue weighted by Crippen LogP contribution is 2.18. The van der Waals surface area contributed by atoms with E-state index in [2.05, 4.69) is 17.9 Å². The maximum atomic E-state index is 12.9. The number of carbonyl (C=O) groups is 1. The van der Waals surface area contributed by atoms with Crippen LogP contribution in [0.4, 0.5) is 0 Å². The number of phenolic OH excluding ortho intramolecular Hbond substituents is 1. The highest BCUT2D eigenvalue weighted by Gasteiger charge is 2.29. The molecule has 1 heterocycles. The second-order valence-electron chi connectivity index (χ2n) is 6.79. The van der Waals surface area contributed by atoms with Crippen LogP contribution in [-0.4, -0.2) is 46.3 Å². The van der Waals surface area contributed by atoms with Crippen molar-refractivity contribution >= 4 is 18.5 Å². The molecule has 0 radical (unpaired) electrons. The molecule has 0 bridgehead atoms. The maximum absolute atomic E-state index is 12.9. The quantitative estimate of drug-likeness (QED) is 0.565. The Balaban J connectivity index is 2.12. The zero-order chi connectivity index (χ0) is 17.7. The van der Waals surface area contributed by atoms with Crippen LogP contribution in [0, 0.1) is 5.92 Å². The smallest absolute Gasteiger partial charge is 0.240 e. The summed E-state index contributed by atoms with van der Waals surface area (Å²) in [5, 5.41) is 13.4. The minimum absolute atomic E-state index is 0.0305. The van der Waals surface area contributed by atoms with Crippen LogP contribution in [0.15, 0.2) is 24.3 Å². The van der Waals surface area contributed by atoms with Crippen LogP contribution in [0.25, 0.3) is 0 Å². The number of nitrogens with one attached hydrogen (secondary N) is 1. The molecule has 1 fully saturated rings. The van der Waals surface area contributed by atoms with E-state index in [0.29, 0.717) is 18.3 Å². The Morgan fingerprint density at radius 2 is 2.29 bits per heavy atom. The fourth-order valence-electron chi connectivity index (χ4n) is 3.02. The van der Waals surface area contributed by atoms with Crippen molar-refractivity contribution in [2.24, 2.45) is 11.7 Å². The van der Waals surface area contributed by atoms with Crippen LogP contribution >= 0.6 is 12.6 Å². The third-order valence-corrected chi connectivity index (χ3v) is 5.17. The number of thiol groups is 1. The number of nitrogens with two attached hydrogens (primary N) is 1. The van der Waals surface area contributed by atoms with Gasteiger partial charge in [-0.15, -0.1) is 0 Å².